The van der Waals surface area contributed by atoms with Crippen LogP contribution in [-0.2, 0) is 6.42 Å². The molecule has 1 N–H and O–H groups in total. The average molecular weight is 205 g/mol. The van der Waals surface area contributed by atoms with Crippen LogP contribution in [0.5, 0.6) is 5.88 Å². The normalized spacial score (nSPS) is 18.4. The third-order valence-corrected chi connectivity index (χ3v) is 2.90. The summed E-state index contributed by atoms with van der Waals surface area (Å²) < 4.78 is 5.35. The molecule has 0 saturated heterocycles. The second kappa shape index (κ2) is 2.95. The van der Waals surface area contributed by atoms with Crippen molar-refractivity contribution in [1.82, 2.24) is 4.98 Å². The van der Waals surface area contributed by atoms with E-state index in [2.05, 4.69) is 4.98 Å². The van der Waals surface area contributed by atoms with Crippen molar-refractivity contribution in [2.75, 3.05) is 6.61 Å². The minimum Gasteiger partial charge on any atom is -0.478 e. The fourth-order valence-corrected chi connectivity index (χ4v) is 1.95. The maximum atomic E-state index is 11.1. The van der Waals surface area contributed by atoms with Crippen LogP contribution >= 0.6 is 0 Å². The zero-order valence-corrected chi connectivity index (χ0v) is 8.19. The summed E-state index contributed by atoms with van der Waals surface area (Å²) in [4.78, 5) is 15.4. The lowest BCUT2D eigenvalue weighted by atomic mass is 10.1. The van der Waals surface area contributed by atoms with Crippen LogP contribution in [0, 0.1) is 0 Å². The highest BCUT2D eigenvalue weighted by atomic mass is 16.5. The first-order valence-electron chi connectivity index (χ1n) is 5.15. The summed E-state index contributed by atoms with van der Waals surface area (Å²) in [6.07, 6.45) is 2.87. The number of pyridine rings is 1. The van der Waals surface area contributed by atoms with Crippen LogP contribution in [0.3, 0.4) is 0 Å². The molecule has 1 aliphatic carbocycles. The monoisotopic (exact) mass is 205 g/mol. The van der Waals surface area contributed by atoms with Gasteiger partial charge in [0.15, 0.2) is 0 Å². The second-order valence-electron chi connectivity index (χ2n) is 4.06. The Hall–Kier alpha value is -1.58. The lowest BCUT2D eigenvalue weighted by Crippen LogP contribution is -2.05. The molecule has 0 aromatic carbocycles. The molecule has 0 amide bonds. The molecule has 1 aliphatic heterocycles. The lowest BCUT2D eigenvalue weighted by Gasteiger charge is -2.06. The van der Waals surface area contributed by atoms with Crippen LogP contribution in [-0.4, -0.2) is 22.7 Å². The van der Waals surface area contributed by atoms with Gasteiger partial charge in [-0.1, -0.05) is 0 Å². The van der Waals surface area contributed by atoms with E-state index in [1.807, 2.05) is 0 Å². The number of hydrogen-bond donors (Lipinski definition) is 1. The van der Waals surface area contributed by atoms with Gasteiger partial charge >= 0.3 is 5.97 Å². The number of carboxylic acid groups (broad SMARTS) is 1. The number of ether oxygens (including phenoxy) is 1. The van der Waals surface area contributed by atoms with Crippen molar-refractivity contribution >= 4 is 5.97 Å². The summed E-state index contributed by atoms with van der Waals surface area (Å²) in [5.74, 6) is 0.103. The Morgan fingerprint density at radius 3 is 3.00 bits per heavy atom. The van der Waals surface area contributed by atoms with E-state index in [9.17, 15) is 4.79 Å². The summed E-state index contributed by atoms with van der Waals surface area (Å²) in [7, 11) is 0. The lowest BCUT2D eigenvalue weighted by molar-refractivity contribution is 0.0695. The first-order valence-corrected chi connectivity index (χ1v) is 5.15. The van der Waals surface area contributed by atoms with Crippen LogP contribution in [0.25, 0.3) is 0 Å². The number of aromatic carboxylic acids is 1. The van der Waals surface area contributed by atoms with Crippen LogP contribution in [0.1, 0.15) is 40.4 Å². The van der Waals surface area contributed by atoms with Crippen molar-refractivity contribution in [3.8, 4) is 5.88 Å². The molecule has 0 spiro atoms. The van der Waals surface area contributed by atoms with E-state index < -0.39 is 5.97 Å². The van der Waals surface area contributed by atoms with Crippen LogP contribution in [0.4, 0.5) is 0 Å². The van der Waals surface area contributed by atoms with Gasteiger partial charge in [-0.3, -0.25) is 0 Å². The number of hydrogen-bond acceptors (Lipinski definition) is 3. The molecule has 0 unspecified atom stereocenters. The van der Waals surface area contributed by atoms with Gasteiger partial charge in [0.05, 0.1) is 17.9 Å². The second-order valence-corrected chi connectivity index (χ2v) is 4.06. The first kappa shape index (κ1) is 8.71. The average Bonchev–Trinajstić information content (AvgIpc) is 2.95. The smallest absolute Gasteiger partial charge is 0.337 e. The van der Waals surface area contributed by atoms with E-state index in [-0.39, 0.29) is 0 Å². The van der Waals surface area contributed by atoms with E-state index in [1.54, 1.807) is 6.07 Å². The molecule has 1 aromatic heterocycles. The van der Waals surface area contributed by atoms with Crippen molar-refractivity contribution in [3.05, 3.63) is 22.9 Å². The molecule has 1 fully saturated rings. The van der Waals surface area contributed by atoms with Gasteiger partial charge in [-0.2, -0.15) is 0 Å². The van der Waals surface area contributed by atoms with Crippen molar-refractivity contribution < 1.29 is 14.6 Å². The van der Waals surface area contributed by atoms with Gasteiger partial charge in [0.1, 0.15) is 0 Å². The van der Waals surface area contributed by atoms with E-state index in [0.717, 1.165) is 24.8 Å². The predicted molar refractivity (Wildman–Crippen MR) is 52.4 cm³/mol. The zero-order chi connectivity index (χ0) is 10.4. The number of fused-ring (bicyclic) bond motifs is 1. The molecule has 15 heavy (non-hydrogen) atoms. The molecule has 4 nitrogen and oxygen atoms in total. The SMILES string of the molecule is O=C(O)c1cc2c(nc1C1CC1)OCC2. The number of aromatic nitrogens is 1. The highest BCUT2D eigenvalue weighted by Crippen LogP contribution is 2.42. The largest absolute Gasteiger partial charge is 0.478 e. The molecule has 2 heterocycles. The van der Waals surface area contributed by atoms with Gasteiger partial charge in [-0.05, 0) is 18.9 Å². The minimum absolute atomic E-state index is 0.339. The van der Waals surface area contributed by atoms with Crippen molar-refractivity contribution in [2.45, 2.75) is 25.2 Å². The molecular formula is C11H11NO3. The molecule has 1 saturated carbocycles. The highest BCUT2D eigenvalue weighted by molar-refractivity contribution is 5.89. The highest BCUT2D eigenvalue weighted by Gasteiger charge is 2.32. The third-order valence-electron chi connectivity index (χ3n) is 2.90. The number of nitrogens with zero attached hydrogens (tertiary/aromatic N) is 1. The van der Waals surface area contributed by atoms with E-state index in [0.29, 0.717) is 29.7 Å². The van der Waals surface area contributed by atoms with E-state index in [4.69, 9.17) is 9.84 Å². The molecular weight excluding hydrogens is 194 g/mol. The Labute approximate surface area is 86.9 Å². The quantitative estimate of drug-likeness (QED) is 0.796. The summed E-state index contributed by atoms with van der Waals surface area (Å²) in [5, 5.41) is 9.09. The van der Waals surface area contributed by atoms with E-state index >= 15 is 0 Å². The summed E-state index contributed by atoms with van der Waals surface area (Å²) in [6.45, 7) is 0.621. The predicted octanol–water partition coefficient (Wildman–Crippen LogP) is 1.59. The fourth-order valence-electron chi connectivity index (χ4n) is 1.95. The molecule has 1 aromatic rings. The van der Waals surface area contributed by atoms with Gasteiger partial charge in [-0.25, -0.2) is 9.78 Å². The van der Waals surface area contributed by atoms with Crippen molar-refractivity contribution in [3.63, 3.8) is 0 Å². The van der Waals surface area contributed by atoms with Crippen LogP contribution < -0.4 is 4.74 Å². The molecule has 0 atom stereocenters. The van der Waals surface area contributed by atoms with Crippen LogP contribution in [0.15, 0.2) is 6.07 Å². The third kappa shape index (κ3) is 1.37. The Morgan fingerprint density at radius 2 is 2.33 bits per heavy atom. The topological polar surface area (TPSA) is 59.4 Å². The maximum absolute atomic E-state index is 11.1. The first-order chi connectivity index (χ1) is 7.25. The van der Waals surface area contributed by atoms with Crippen LogP contribution in [0.2, 0.25) is 0 Å². The fraction of sp³-hybridized carbons (Fsp3) is 0.455. The standard InChI is InChI=1S/C11H11NO3/c13-11(14)8-5-7-3-4-15-10(7)12-9(8)6-1-2-6/h5-6H,1-4H2,(H,13,14). The summed E-state index contributed by atoms with van der Waals surface area (Å²) in [6, 6.07) is 1.73. The summed E-state index contributed by atoms with van der Waals surface area (Å²) >= 11 is 0. The molecule has 0 bridgehead atoms. The molecule has 4 heteroatoms. The Balaban J connectivity index is 2.14. The van der Waals surface area contributed by atoms with Crippen molar-refractivity contribution in [1.29, 1.82) is 0 Å². The maximum Gasteiger partial charge on any atom is 0.337 e. The summed E-state index contributed by atoms with van der Waals surface area (Å²) in [5.41, 5.74) is 2.00. The van der Waals surface area contributed by atoms with Gasteiger partial charge in [0, 0.05) is 17.9 Å². The van der Waals surface area contributed by atoms with Gasteiger partial charge in [0.25, 0.3) is 0 Å². The minimum atomic E-state index is -0.876. The molecule has 3 rings (SSSR count). The molecule has 0 radical (unpaired) electrons. The molecule has 78 valence electrons. The molecule has 2 aliphatic rings. The number of rotatable bonds is 2. The van der Waals surface area contributed by atoms with Gasteiger partial charge < -0.3 is 9.84 Å². The van der Waals surface area contributed by atoms with Crippen molar-refractivity contribution in [2.24, 2.45) is 0 Å². The Morgan fingerprint density at radius 1 is 1.53 bits per heavy atom. The van der Waals surface area contributed by atoms with Gasteiger partial charge in [0.2, 0.25) is 5.88 Å². The Kier molecular flexibility index (Phi) is 1.71. The van der Waals surface area contributed by atoms with E-state index in [1.165, 1.54) is 0 Å². The number of carboxylic acids is 1. The van der Waals surface area contributed by atoms with Gasteiger partial charge in [-0.15, -0.1) is 0 Å². The Bertz CT molecular complexity index is 438. The zero-order valence-electron chi connectivity index (χ0n) is 8.19. The number of carbonyl (C=O) groups is 1.